The molecular formula is C16H24N2O4. The Kier molecular flexibility index (Phi) is 7.56. The Morgan fingerprint density at radius 1 is 1.32 bits per heavy atom. The van der Waals surface area contributed by atoms with Gasteiger partial charge in [-0.1, -0.05) is 12.1 Å². The lowest BCUT2D eigenvalue weighted by molar-refractivity contribution is -0.141. The molecule has 0 aliphatic carbocycles. The quantitative estimate of drug-likeness (QED) is 0.605. The predicted octanol–water partition coefficient (Wildman–Crippen LogP) is 1.71. The van der Waals surface area contributed by atoms with Crippen molar-refractivity contribution in [2.45, 2.75) is 32.7 Å². The number of hydrogen-bond acceptors (Lipinski definition) is 4. The second-order valence-corrected chi connectivity index (χ2v) is 5.26. The van der Waals surface area contributed by atoms with Crippen molar-refractivity contribution in [1.82, 2.24) is 5.32 Å². The largest absolute Gasteiger partial charge is 0.480 e. The third kappa shape index (κ3) is 6.24. The highest BCUT2D eigenvalue weighted by molar-refractivity contribution is 5.94. The van der Waals surface area contributed by atoms with E-state index in [0.717, 1.165) is 11.1 Å². The zero-order valence-corrected chi connectivity index (χ0v) is 13.3. The van der Waals surface area contributed by atoms with E-state index in [2.05, 4.69) is 10.6 Å². The minimum absolute atomic E-state index is 0.115. The van der Waals surface area contributed by atoms with Gasteiger partial charge in [-0.25, -0.2) is 0 Å². The van der Waals surface area contributed by atoms with E-state index in [1.54, 1.807) is 7.11 Å². The number of hydrogen-bond donors (Lipinski definition) is 3. The van der Waals surface area contributed by atoms with Crippen LogP contribution in [0.5, 0.6) is 0 Å². The van der Waals surface area contributed by atoms with Gasteiger partial charge in [0.15, 0.2) is 0 Å². The molecule has 0 fully saturated rings. The maximum Gasteiger partial charge on any atom is 0.321 e. The third-order valence-corrected chi connectivity index (χ3v) is 3.27. The van der Waals surface area contributed by atoms with Crippen LogP contribution in [0.3, 0.4) is 0 Å². The van der Waals surface area contributed by atoms with Crippen LogP contribution in [0.25, 0.3) is 0 Å². The van der Waals surface area contributed by atoms with Crippen LogP contribution >= 0.6 is 0 Å². The van der Waals surface area contributed by atoms with Gasteiger partial charge in [0.1, 0.15) is 6.04 Å². The van der Waals surface area contributed by atoms with Crippen LogP contribution in [0, 0.1) is 13.8 Å². The van der Waals surface area contributed by atoms with Crippen molar-refractivity contribution in [2.75, 3.05) is 25.6 Å². The molecule has 0 bridgehead atoms. The average Bonchev–Trinajstić information content (AvgIpc) is 2.46. The Morgan fingerprint density at radius 2 is 2.05 bits per heavy atom. The highest BCUT2D eigenvalue weighted by Crippen LogP contribution is 2.16. The summed E-state index contributed by atoms with van der Waals surface area (Å²) < 4.78 is 4.90. The monoisotopic (exact) mass is 308 g/mol. The van der Waals surface area contributed by atoms with E-state index in [1.807, 2.05) is 32.0 Å². The van der Waals surface area contributed by atoms with Crippen LogP contribution in [0.4, 0.5) is 5.69 Å². The first-order valence-electron chi connectivity index (χ1n) is 7.26. The van der Waals surface area contributed by atoms with Crippen LogP contribution < -0.4 is 10.6 Å². The van der Waals surface area contributed by atoms with Gasteiger partial charge >= 0.3 is 5.97 Å². The van der Waals surface area contributed by atoms with E-state index < -0.39 is 12.0 Å². The molecule has 6 heteroatoms. The molecule has 0 unspecified atom stereocenters. The van der Waals surface area contributed by atoms with Crippen molar-refractivity contribution < 1.29 is 19.4 Å². The van der Waals surface area contributed by atoms with Crippen molar-refractivity contribution in [3.63, 3.8) is 0 Å². The van der Waals surface area contributed by atoms with Crippen LogP contribution in [-0.4, -0.2) is 43.3 Å². The normalized spacial score (nSPS) is 12.0. The lowest BCUT2D eigenvalue weighted by Crippen LogP contribution is -2.40. The topological polar surface area (TPSA) is 87.7 Å². The van der Waals surface area contributed by atoms with E-state index in [0.29, 0.717) is 25.3 Å². The van der Waals surface area contributed by atoms with Crippen molar-refractivity contribution in [3.8, 4) is 0 Å². The van der Waals surface area contributed by atoms with Crippen molar-refractivity contribution in [1.29, 1.82) is 0 Å². The summed E-state index contributed by atoms with van der Waals surface area (Å²) in [6.07, 6.45) is 0.578. The zero-order valence-electron chi connectivity index (χ0n) is 13.3. The number of aliphatic carboxylic acids is 1. The van der Waals surface area contributed by atoms with Crippen LogP contribution in [0.1, 0.15) is 24.0 Å². The number of anilines is 1. The lowest BCUT2D eigenvalue weighted by atomic mass is 10.1. The highest BCUT2D eigenvalue weighted by Gasteiger charge is 2.20. The van der Waals surface area contributed by atoms with Crippen LogP contribution in [-0.2, 0) is 14.3 Å². The molecule has 6 nitrogen and oxygen atoms in total. The Morgan fingerprint density at radius 3 is 2.68 bits per heavy atom. The number of ether oxygens (including phenoxy) is 1. The van der Waals surface area contributed by atoms with Gasteiger partial charge in [0, 0.05) is 19.4 Å². The van der Waals surface area contributed by atoms with Crippen LogP contribution in [0.15, 0.2) is 18.2 Å². The van der Waals surface area contributed by atoms with E-state index in [1.165, 1.54) is 0 Å². The number of nitrogens with one attached hydrogen (secondary N) is 2. The number of carboxylic acid groups (broad SMARTS) is 1. The fourth-order valence-corrected chi connectivity index (χ4v) is 2.00. The number of aryl methyl sites for hydroxylation is 2. The molecule has 1 atom stereocenters. The van der Waals surface area contributed by atoms with E-state index in [9.17, 15) is 9.59 Å². The molecule has 0 aliphatic heterocycles. The first kappa shape index (κ1) is 18.1. The van der Waals surface area contributed by atoms with Gasteiger partial charge in [0.25, 0.3) is 0 Å². The summed E-state index contributed by atoms with van der Waals surface area (Å²) in [7, 11) is 1.59. The minimum Gasteiger partial charge on any atom is -0.480 e. The summed E-state index contributed by atoms with van der Waals surface area (Å²) in [5.41, 5.74) is 2.70. The van der Waals surface area contributed by atoms with Crippen molar-refractivity contribution in [3.05, 3.63) is 29.3 Å². The molecule has 0 aliphatic rings. The molecule has 1 amide bonds. The Bertz CT molecular complexity index is 517. The first-order valence-corrected chi connectivity index (χ1v) is 7.26. The molecule has 1 aromatic rings. The van der Waals surface area contributed by atoms with Gasteiger partial charge in [-0.15, -0.1) is 0 Å². The molecule has 0 spiro atoms. The number of benzene rings is 1. The molecule has 0 saturated heterocycles. The van der Waals surface area contributed by atoms with E-state index >= 15 is 0 Å². The summed E-state index contributed by atoms with van der Waals surface area (Å²) >= 11 is 0. The number of methoxy groups -OCH3 is 1. The molecule has 0 aromatic heterocycles. The average molecular weight is 308 g/mol. The second kappa shape index (κ2) is 9.17. The number of carboxylic acids is 1. The number of carbonyl (C=O) groups is 2. The molecule has 0 saturated carbocycles. The van der Waals surface area contributed by atoms with Gasteiger partial charge in [-0.3, -0.25) is 9.59 Å². The Labute approximate surface area is 130 Å². The Hall–Kier alpha value is -1.92. The molecule has 0 radical (unpaired) electrons. The van der Waals surface area contributed by atoms with Gasteiger partial charge in [0.05, 0.1) is 6.42 Å². The zero-order chi connectivity index (χ0) is 16.5. The molecule has 0 heterocycles. The molecular weight excluding hydrogens is 284 g/mol. The predicted molar refractivity (Wildman–Crippen MR) is 85.1 cm³/mol. The first-order chi connectivity index (χ1) is 10.4. The van der Waals surface area contributed by atoms with E-state index in [4.69, 9.17) is 9.84 Å². The summed E-state index contributed by atoms with van der Waals surface area (Å²) in [6, 6.07) is 4.85. The number of amides is 1. The molecule has 22 heavy (non-hydrogen) atoms. The maximum absolute atomic E-state index is 12.0. The number of carbonyl (C=O) groups excluding carboxylic acids is 1. The SMILES string of the molecule is COCCCN[C@H](CC(=O)Nc1cc(C)ccc1C)C(=O)O. The third-order valence-electron chi connectivity index (χ3n) is 3.27. The molecule has 1 rings (SSSR count). The summed E-state index contributed by atoms with van der Waals surface area (Å²) in [5, 5.41) is 14.8. The van der Waals surface area contributed by atoms with Gasteiger partial charge < -0.3 is 20.5 Å². The minimum atomic E-state index is -1.03. The van der Waals surface area contributed by atoms with Crippen molar-refractivity contribution in [2.24, 2.45) is 0 Å². The van der Waals surface area contributed by atoms with Crippen LogP contribution in [0.2, 0.25) is 0 Å². The van der Waals surface area contributed by atoms with E-state index in [-0.39, 0.29) is 12.3 Å². The smallest absolute Gasteiger partial charge is 0.321 e. The fraction of sp³-hybridized carbons (Fsp3) is 0.500. The highest BCUT2D eigenvalue weighted by atomic mass is 16.5. The van der Waals surface area contributed by atoms with Gasteiger partial charge in [0.2, 0.25) is 5.91 Å². The fourth-order valence-electron chi connectivity index (χ4n) is 2.00. The lowest BCUT2D eigenvalue weighted by Gasteiger charge is -2.15. The number of rotatable bonds is 9. The molecule has 1 aromatic carbocycles. The molecule has 122 valence electrons. The maximum atomic E-state index is 12.0. The summed E-state index contributed by atoms with van der Waals surface area (Å²) in [4.78, 5) is 23.2. The summed E-state index contributed by atoms with van der Waals surface area (Å²) in [5.74, 6) is -1.35. The molecule has 3 N–H and O–H groups in total. The standard InChI is InChI=1S/C16H24N2O4/c1-11-5-6-12(2)13(9-11)18-15(19)10-14(16(20)21)17-7-4-8-22-3/h5-6,9,14,17H,4,7-8,10H2,1-3H3,(H,18,19)(H,20,21)/t14-/m1/s1. The second-order valence-electron chi connectivity index (χ2n) is 5.26. The Balaban J connectivity index is 2.56. The van der Waals surface area contributed by atoms with Gasteiger partial charge in [-0.2, -0.15) is 0 Å². The summed E-state index contributed by atoms with van der Waals surface area (Å²) in [6.45, 7) is 4.87. The van der Waals surface area contributed by atoms with Crippen molar-refractivity contribution >= 4 is 17.6 Å². The van der Waals surface area contributed by atoms with Gasteiger partial charge in [-0.05, 0) is 44.0 Å².